The molecule has 0 aliphatic heterocycles. The van der Waals surface area contributed by atoms with Crippen molar-refractivity contribution >= 4 is 0 Å². The van der Waals surface area contributed by atoms with E-state index in [4.69, 9.17) is 0 Å². The standard InChI is InChI=1S/C26H42O/c1-3-5-6-18-26(27)19-7-9-25(20-26)24-16-14-23(15-17-24)22-12-10-21(8-4-2)11-13-22/h14-17,21-22,25,27H,3-13,18-20H2,1-2H3. The first-order valence-electron chi connectivity index (χ1n) is 12.0. The van der Waals surface area contributed by atoms with Crippen LogP contribution >= 0.6 is 0 Å². The van der Waals surface area contributed by atoms with Gasteiger partial charge in [0.15, 0.2) is 0 Å². The molecule has 2 fully saturated rings. The van der Waals surface area contributed by atoms with E-state index in [-0.39, 0.29) is 0 Å². The van der Waals surface area contributed by atoms with E-state index in [1.165, 1.54) is 76.2 Å². The van der Waals surface area contributed by atoms with Gasteiger partial charge < -0.3 is 5.11 Å². The topological polar surface area (TPSA) is 20.2 Å². The molecule has 0 spiro atoms. The summed E-state index contributed by atoms with van der Waals surface area (Å²) in [5.41, 5.74) is 2.61. The van der Waals surface area contributed by atoms with Crippen molar-refractivity contribution in [1.82, 2.24) is 0 Å². The van der Waals surface area contributed by atoms with Crippen molar-refractivity contribution in [3.8, 4) is 0 Å². The summed E-state index contributed by atoms with van der Waals surface area (Å²) in [6.45, 7) is 4.56. The maximum Gasteiger partial charge on any atom is 0.0653 e. The van der Waals surface area contributed by atoms with Crippen molar-refractivity contribution in [3.05, 3.63) is 35.4 Å². The van der Waals surface area contributed by atoms with Crippen molar-refractivity contribution in [3.63, 3.8) is 0 Å². The minimum atomic E-state index is -0.408. The summed E-state index contributed by atoms with van der Waals surface area (Å²) < 4.78 is 0. The number of hydrogen-bond donors (Lipinski definition) is 1. The lowest BCUT2D eigenvalue weighted by Crippen LogP contribution is -2.34. The quantitative estimate of drug-likeness (QED) is 0.464. The van der Waals surface area contributed by atoms with Crippen molar-refractivity contribution in [1.29, 1.82) is 0 Å². The Kier molecular flexibility index (Phi) is 7.82. The third-order valence-corrected chi connectivity index (χ3v) is 7.49. The zero-order chi connectivity index (χ0) is 19.1. The molecule has 2 saturated carbocycles. The normalized spacial score (nSPS) is 31.7. The maximum atomic E-state index is 11.1. The molecular formula is C26H42O. The van der Waals surface area contributed by atoms with Gasteiger partial charge in [-0.15, -0.1) is 0 Å². The number of benzene rings is 1. The zero-order valence-electron chi connectivity index (χ0n) is 17.9. The summed E-state index contributed by atoms with van der Waals surface area (Å²) in [7, 11) is 0. The lowest BCUT2D eigenvalue weighted by molar-refractivity contribution is -0.0130. The molecule has 152 valence electrons. The molecule has 0 radical (unpaired) electrons. The van der Waals surface area contributed by atoms with Crippen LogP contribution in [0.2, 0.25) is 0 Å². The van der Waals surface area contributed by atoms with Gasteiger partial charge in [0.1, 0.15) is 0 Å². The Hall–Kier alpha value is -0.820. The largest absolute Gasteiger partial charge is 0.390 e. The van der Waals surface area contributed by atoms with Gasteiger partial charge in [-0.2, -0.15) is 0 Å². The highest BCUT2D eigenvalue weighted by atomic mass is 16.3. The van der Waals surface area contributed by atoms with E-state index in [1.54, 1.807) is 5.56 Å². The second-order valence-electron chi connectivity index (χ2n) is 9.65. The number of hydrogen-bond acceptors (Lipinski definition) is 1. The number of unbranched alkanes of at least 4 members (excludes halogenated alkanes) is 2. The second kappa shape index (κ2) is 10.1. The average molecular weight is 371 g/mol. The smallest absolute Gasteiger partial charge is 0.0653 e. The van der Waals surface area contributed by atoms with Crippen LogP contribution in [0.15, 0.2) is 24.3 Å². The Bertz CT molecular complexity index is 540. The Morgan fingerprint density at radius 3 is 2.15 bits per heavy atom. The van der Waals surface area contributed by atoms with Crippen LogP contribution in [-0.2, 0) is 0 Å². The molecule has 2 aliphatic rings. The average Bonchev–Trinajstić information content (AvgIpc) is 2.69. The first-order valence-corrected chi connectivity index (χ1v) is 12.0. The summed E-state index contributed by atoms with van der Waals surface area (Å²) in [4.78, 5) is 0. The summed E-state index contributed by atoms with van der Waals surface area (Å²) in [6, 6.07) is 9.58. The van der Waals surface area contributed by atoms with Gasteiger partial charge in [0.2, 0.25) is 0 Å². The summed E-state index contributed by atoms with van der Waals surface area (Å²) in [6.07, 6.45) is 17.4. The van der Waals surface area contributed by atoms with Crippen LogP contribution in [0.4, 0.5) is 0 Å². The predicted octanol–water partition coefficient (Wildman–Crippen LogP) is 7.73. The molecular weight excluding hydrogens is 328 g/mol. The number of rotatable bonds is 8. The molecule has 1 aromatic rings. The van der Waals surface area contributed by atoms with E-state index in [9.17, 15) is 5.11 Å². The minimum Gasteiger partial charge on any atom is -0.390 e. The summed E-state index contributed by atoms with van der Waals surface area (Å²) in [5, 5.41) is 11.1. The van der Waals surface area contributed by atoms with E-state index in [1.807, 2.05) is 0 Å². The fourth-order valence-electron chi connectivity index (χ4n) is 5.79. The molecule has 0 amide bonds. The third-order valence-electron chi connectivity index (χ3n) is 7.49. The monoisotopic (exact) mass is 370 g/mol. The first-order chi connectivity index (χ1) is 13.1. The van der Waals surface area contributed by atoms with Crippen molar-refractivity contribution in [2.24, 2.45) is 5.92 Å². The molecule has 27 heavy (non-hydrogen) atoms. The van der Waals surface area contributed by atoms with E-state index in [0.717, 1.165) is 31.1 Å². The van der Waals surface area contributed by atoms with E-state index in [0.29, 0.717) is 5.92 Å². The molecule has 1 aromatic carbocycles. The molecule has 0 bridgehead atoms. The van der Waals surface area contributed by atoms with E-state index in [2.05, 4.69) is 38.1 Å². The maximum absolute atomic E-state index is 11.1. The van der Waals surface area contributed by atoms with Crippen LogP contribution in [0, 0.1) is 5.92 Å². The van der Waals surface area contributed by atoms with Gasteiger partial charge in [-0.05, 0) is 86.7 Å². The lowest BCUT2D eigenvalue weighted by atomic mass is 9.72. The van der Waals surface area contributed by atoms with Crippen LogP contribution in [0.3, 0.4) is 0 Å². The molecule has 0 aromatic heterocycles. The van der Waals surface area contributed by atoms with E-state index < -0.39 is 5.60 Å². The lowest BCUT2D eigenvalue weighted by Gasteiger charge is -2.37. The molecule has 1 heteroatoms. The molecule has 1 nitrogen and oxygen atoms in total. The van der Waals surface area contributed by atoms with Gasteiger partial charge in [0, 0.05) is 0 Å². The van der Waals surface area contributed by atoms with Crippen molar-refractivity contribution in [2.75, 3.05) is 0 Å². The molecule has 0 heterocycles. The Balaban J connectivity index is 1.55. The van der Waals surface area contributed by atoms with Gasteiger partial charge in [-0.1, -0.05) is 70.2 Å². The van der Waals surface area contributed by atoms with Gasteiger partial charge in [0.25, 0.3) is 0 Å². The SMILES string of the molecule is CCCCCC1(O)CCCC(c2ccc(C3CCC(CCC)CC3)cc2)C1. The highest BCUT2D eigenvalue weighted by Crippen LogP contribution is 2.42. The predicted molar refractivity (Wildman–Crippen MR) is 116 cm³/mol. The highest BCUT2D eigenvalue weighted by molar-refractivity contribution is 5.28. The molecule has 3 rings (SSSR count). The molecule has 2 atom stereocenters. The third kappa shape index (κ3) is 5.83. The fraction of sp³-hybridized carbons (Fsp3) is 0.769. The Labute approximate surface area is 168 Å². The molecule has 2 unspecified atom stereocenters. The second-order valence-corrected chi connectivity index (χ2v) is 9.65. The van der Waals surface area contributed by atoms with Gasteiger partial charge in [-0.3, -0.25) is 0 Å². The highest BCUT2D eigenvalue weighted by Gasteiger charge is 2.34. The van der Waals surface area contributed by atoms with Gasteiger partial charge in [0.05, 0.1) is 5.60 Å². The van der Waals surface area contributed by atoms with Crippen molar-refractivity contribution in [2.45, 2.75) is 121 Å². The number of aliphatic hydroxyl groups is 1. The minimum absolute atomic E-state index is 0.408. The van der Waals surface area contributed by atoms with Crippen LogP contribution in [0.5, 0.6) is 0 Å². The Morgan fingerprint density at radius 2 is 1.52 bits per heavy atom. The van der Waals surface area contributed by atoms with Crippen LogP contribution in [0.25, 0.3) is 0 Å². The van der Waals surface area contributed by atoms with Crippen LogP contribution in [-0.4, -0.2) is 10.7 Å². The van der Waals surface area contributed by atoms with Crippen LogP contribution < -0.4 is 0 Å². The fourth-order valence-corrected chi connectivity index (χ4v) is 5.79. The van der Waals surface area contributed by atoms with Crippen molar-refractivity contribution < 1.29 is 5.11 Å². The van der Waals surface area contributed by atoms with Gasteiger partial charge >= 0.3 is 0 Å². The zero-order valence-corrected chi connectivity index (χ0v) is 17.9. The van der Waals surface area contributed by atoms with Gasteiger partial charge in [-0.25, -0.2) is 0 Å². The molecule has 2 aliphatic carbocycles. The summed E-state index contributed by atoms with van der Waals surface area (Å²) in [5.74, 6) is 2.32. The van der Waals surface area contributed by atoms with Crippen LogP contribution in [0.1, 0.15) is 127 Å². The van der Waals surface area contributed by atoms with E-state index >= 15 is 0 Å². The molecule has 1 N–H and O–H groups in total. The summed E-state index contributed by atoms with van der Waals surface area (Å²) >= 11 is 0. The first kappa shape index (κ1) is 20.9. The molecule has 0 saturated heterocycles. The Morgan fingerprint density at radius 1 is 0.852 bits per heavy atom.